The molecular formula is C26H40N2O8. The first-order valence-corrected chi connectivity index (χ1v) is 12.6. The van der Waals surface area contributed by atoms with Crippen LogP contribution in [0.15, 0.2) is 18.2 Å². The molecule has 10 heteroatoms. The fraction of sp³-hybridized carbons (Fsp3) is 0.654. The molecule has 0 spiro atoms. The normalized spacial score (nSPS) is 18.3. The number of aliphatic hydroxyl groups excluding tert-OH is 1. The number of carbonyl (C=O) groups is 3. The molecule has 4 N–H and O–H groups in total. The average molecular weight is 509 g/mol. The van der Waals surface area contributed by atoms with E-state index < -0.39 is 18.0 Å². The summed E-state index contributed by atoms with van der Waals surface area (Å²) in [6.07, 6.45) is 9.83. The third kappa shape index (κ3) is 9.07. The monoisotopic (exact) mass is 508 g/mol. The van der Waals surface area contributed by atoms with Gasteiger partial charge in [0.05, 0.1) is 7.11 Å². The summed E-state index contributed by atoms with van der Waals surface area (Å²) < 4.78 is 11.1. The Balaban J connectivity index is 0.000000678. The Labute approximate surface area is 212 Å². The molecule has 1 aliphatic carbocycles. The lowest BCUT2D eigenvalue weighted by Gasteiger charge is -2.48. The fourth-order valence-corrected chi connectivity index (χ4v) is 4.91. The SMILES string of the molecule is COc1cc(C(C)=O)ccc1OCC(O)CNCC1(N2CCCCC2)CCCCC1.O=C(O)C(=O)O. The molecule has 2 fully saturated rings. The van der Waals surface area contributed by atoms with Crippen LogP contribution in [0.3, 0.4) is 0 Å². The molecule has 3 rings (SSSR count). The van der Waals surface area contributed by atoms with Crippen LogP contribution < -0.4 is 14.8 Å². The van der Waals surface area contributed by atoms with Crippen molar-refractivity contribution in [2.75, 3.05) is 39.9 Å². The highest BCUT2D eigenvalue weighted by atomic mass is 16.5. The Morgan fingerprint density at radius 2 is 1.61 bits per heavy atom. The van der Waals surface area contributed by atoms with Crippen LogP contribution in [0, 0.1) is 0 Å². The number of carboxylic acids is 2. The molecule has 2 aliphatic rings. The van der Waals surface area contributed by atoms with Crippen LogP contribution in [-0.4, -0.2) is 89.5 Å². The van der Waals surface area contributed by atoms with Gasteiger partial charge in [0.1, 0.15) is 12.7 Å². The van der Waals surface area contributed by atoms with Gasteiger partial charge in [0.2, 0.25) is 0 Å². The van der Waals surface area contributed by atoms with Gasteiger partial charge in [0, 0.05) is 24.2 Å². The van der Waals surface area contributed by atoms with Crippen molar-refractivity contribution in [3.05, 3.63) is 23.8 Å². The number of aliphatic carboxylic acids is 2. The molecule has 1 heterocycles. The van der Waals surface area contributed by atoms with Gasteiger partial charge in [0.25, 0.3) is 0 Å². The van der Waals surface area contributed by atoms with Crippen LogP contribution in [0.1, 0.15) is 68.6 Å². The minimum absolute atomic E-state index is 0.0190. The Bertz CT molecular complexity index is 852. The molecule has 0 amide bonds. The average Bonchev–Trinajstić information content (AvgIpc) is 2.88. The van der Waals surface area contributed by atoms with Gasteiger partial charge in [-0.3, -0.25) is 9.69 Å². The van der Waals surface area contributed by atoms with Crippen molar-refractivity contribution in [3.8, 4) is 11.5 Å². The second kappa shape index (κ2) is 14.8. The standard InChI is InChI=1S/C24H38N2O4.C2H2O4/c1-19(27)20-9-10-22(23(15-20)29-2)30-17-21(28)16-25-18-24(11-5-3-6-12-24)26-13-7-4-8-14-26;3-1(4)2(5)6/h9-10,15,21,25,28H,3-8,11-14,16-18H2,1-2H3;(H,3,4)(H,5,6). The first-order valence-electron chi connectivity index (χ1n) is 12.6. The molecule has 1 aromatic carbocycles. The topological polar surface area (TPSA) is 146 Å². The van der Waals surface area contributed by atoms with Gasteiger partial charge >= 0.3 is 11.9 Å². The smallest absolute Gasteiger partial charge is 0.414 e. The van der Waals surface area contributed by atoms with Gasteiger partial charge < -0.3 is 30.1 Å². The molecule has 202 valence electrons. The van der Waals surface area contributed by atoms with E-state index in [1.807, 2.05) is 0 Å². The third-order valence-electron chi connectivity index (χ3n) is 6.83. The summed E-state index contributed by atoms with van der Waals surface area (Å²) in [7, 11) is 1.55. The lowest BCUT2D eigenvalue weighted by atomic mass is 9.79. The van der Waals surface area contributed by atoms with Crippen molar-refractivity contribution < 1.29 is 39.2 Å². The van der Waals surface area contributed by atoms with E-state index in [1.165, 1.54) is 71.4 Å². The number of hydrogen-bond donors (Lipinski definition) is 4. The molecule has 1 aliphatic heterocycles. The van der Waals surface area contributed by atoms with Gasteiger partial charge in [-0.2, -0.15) is 0 Å². The minimum atomic E-state index is -1.82. The number of methoxy groups -OCH3 is 1. The number of carbonyl (C=O) groups excluding carboxylic acids is 1. The number of ether oxygens (including phenoxy) is 2. The number of likely N-dealkylation sites (tertiary alicyclic amines) is 1. The number of rotatable bonds is 10. The summed E-state index contributed by atoms with van der Waals surface area (Å²) in [5.74, 6) is -2.62. The zero-order chi connectivity index (χ0) is 26.6. The summed E-state index contributed by atoms with van der Waals surface area (Å²) in [4.78, 5) is 32.4. The number of nitrogens with one attached hydrogen (secondary N) is 1. The van der Waals surface area contributed by atoms with Crippen molar-refractivity contribution in [3.63, 3.8) is 0 Å². The van der Waals surface area contributed by atoms with E-state index in [9.17, 15) is 9.90 Å². The number of benzene rings is 1. The van der Waals surface area contributed by atoms with Crippen LogP contribution >= 0.6 is 0 Å². The van der Waals surface area contributed by atoms with E-state index in [2.05, 4.69) is 10.2 Å². The summed E-state index contributed by atoms with van der Waals surface area (Å²) in [6.45, 7) is 5.56. The highest BCUT2D eigenvalue weighted by molar-refractivity contribution is 6.27. The van der Waals surface area contributed by atoms with Crippen LogP contribution in [0.2, 0.25) is 0 Å². The van der Waals surface area contributed by atoms with E-state index in [1.54, 1.807) is 25.3 Å². The maximum absolute atomic E-state index is 11.5. The van der Waals surface area contributed by atoms with Gasteiger partial charge in [-0.05, 0) is 63.9 Å². The predicted octanol–water partition coefficient (Wildman–Crippen LogP) is 2.57. The van der Waals surface area contributed by atoms with Crippen LogP contribution in [0.25, 0.3) is 0 Å². The van der Waals surface area contributed by atoms with Crippen molar-refractivity contribution in [2.45, 2.75) is 69.9 Å². The Hall–Kier alpha value is -2.69. The maximum atomic E-state index is 11.5. The zero-order valence-electron chi connectivity index (χ0n) is 21.3. The number of piperidine rings is 1. The number of aliphatic hydroxyl groups is 1. The molecule has 0 bridgehead atoms. The van der Waals surface area contributed by atoms with E-state index in [4.69, 9.17) is 29.3 Å². The van der Waals surface area contributed by atoms with Crippen molar-refractivity contribution >= 4 is 17.7 Å². The lowest BCUT2D eigenvalue weighted by molar-refractivity contribution is -0.159. The van der Waals surface area contributed by atoms with Crippen LogP contribution in [0.5, 0.6) is 11.5 Å². The van der Waals surface area contributed by atoms with Gasteiger partial charge in [0.15, 0.2) is 17.3 Å². The first kappa shape index (κ1) is 29.5. The maximum Gasteiger partial charge on any atom is 0.414 e. The second-order valence-electron chi connectivity index (χ2n) is 9.46. The van der Waals surface area contributed by atoms with Crippen molar-refractivity contribution in [1.82, 2.24) is 10.2 Å². The highest BCUT2D eigenvalue weighted by Gasteiger charge is 2.38. The van der Waals surface area contributed by atoms with Gasteiger partial charge in [-0.15, -0.1) is 0 Å². The first-order chi connectivity index (χ1) is 17.2. The molecule has 1 saturated carbocycles. The van der Waals surface area contributed by atoms with Crippen molar-refractivity contribution in [1.29, 1.82) is 0 Å². The number of hydrogen-bond acceptors (Lipinski definition) is 8. The summed E-state index contributed by atoms with van der Waals surface area (Å²) in [5.41, 5.74) is 0.835. The van der Waals surface area contributed by atoms with E-state index in [0.29, 0.717) is 23.6 Å². The Kier molecular flexibility index (Phi) is 12.1. The van der Waals surface area contributed by atoms with Crippen LogP contribution in [0.4, 0.5) is 0 Å². The van der Waals surface area contributed by atoms with Gasteiger partial charge in [-0.1, -0.05) is 25.7 Å². The fourth-order valence-electron chi connectivity index (χ4n) is 4.91. The molecule has 1 aromatic rings. The molecule has 0 radical (unpaired) electrons. The number of nitrogens with zero attached hydrogens (tertiary/aromatic N) is 1. The van der Waals surface area contributed by atoms with Crippen molar-refractivity contribution in [2.24, 2.45) is 0 Å². The number of ketones is 1. The van der Waals surface area contributed by atoms with E-state index >= 15 is 0 Å². The predicted molar refractivity (Wildman–Crippen MR) is 134 cm³/mol. The summed E-state index contributed by atoms with van der Waals surface area (Å²) in [6, 6.07) is 5.12. The second-order valence-corrected chi connectivity index (χ2v) is 9.46. The number of carboxylic acid groups (broad SMARTS) is 2. The summed E-state index contributed by atoms with van der Waals surface area (Å²) in [5, 5.41) is 28.8. The molecule has 1 saturated heterocycles. The van der Waals surface area contributed by atoms with E-state index in [0.717, 1.165) is 6.54 Å². The zero-order valence-corrected chi connectivity index (χ0v) is 21.3. The Morgan fingerprint density at radius 3 is 2.17 bits per heavy atom. The molecule has 36 heavy (non-hydrogen) atoms. The molecule has 1 unspecified atom stereocenters. The van der Waals surface area contributed by atoms with Gasteiger partial charge in [-0.25, -0.2) is 9.59 Å². The Morgan fingerprint density at radius 1 is 1.00 bits per heavy atom. The molecule has 1 atom stereocenters. The third-order valence-corrected chi connectivity index (χ3v) is 6.83. The number of Topliss-reactive ketones (excluding diaryl/α,β-unsaturated/α-hetero) is 1. The molecular weight excluding hydrogens is 468 g/mol. The lowest BCUT2D eigenvalue weighted by Crippen LogP contribution is -2.58. The summed E-state index contributed by atoms with van der Waals surface area (Å²) >= 11 is 0. The van der Waals surface area contributed by atoms with Crippen LogP contribution in [-0.2, 0) is 9.59 Å². The molecule has 10 nitrogen and oxygen atoms in total. The van der Waals surface area contributed by atoms with E-state index in [-0.39, 0.29) is 17.9 Å². The minimum Gasteiger partial charge on any atom is -0.493 e. The quantitative estimate of drug-likeness (QED) is 0.275. The molecule has 0 aromatic heterocycles. The largest absolute Gasteiger partial charge is 0.493 e. The highest BCUT2D eigenvalue weighted by Crippen LogP contribution is 2.35.